The molecule has 1 heterocycles. The number of esters is 2. The number of carboxylic acid groups (broad SMARTS) is 2. The van der Waals surface area contributed by atoms with Gasteiger partial charge in [0, 0.05) is 21.5 Å². The normalized spacial score (nSPS) is 13.4. The van der Waals surface area contributed by atoms with Gasteiger partial charge in [0.25, 0.3) is 0 Å². The highest BCUT2D eigenvalue weighted by molar-refractivity contribution is 6.53. The number of carbonyl (C=O) groups is 4. The van der Waals surface area contributed by atoms with Gasteiger partial charge in [-0.1, -0.05) is 41.4 Å². The summed E-state index contributed by atoms with van der Waals surface area (Å²) in [5.74, 6) is -4.30. The summed E-state index contributed by atoms with van der Waals surface area (Å²) in [5.41, 5.74) is -0.237. The van der Waals surface area contributed by atoms with E-state index in [-0.39, 0.29) is 37.7 Å². The molecule has 0 amide bonds. The second kappa shape index (κ2) is 6.31. The van der Waals surface area contributed by atoms with E-state index in [1.807, 2.05) is 0 Å². The molecule has 0 saturated heterocycles. The van der Waals surface area contributed by atoms with Crippen LogP contribution in [0.3, 0.4) is 0 Å². The van der Waals surface area contributed by atoms with E-state index < -0.39 is 23.9 Å². The zero-order chi connectivity index (χ0) is 23.3. The highest BCUT2D eigenvalue weighted by atomic mass is 35.5. The molecule has 0 spiro atoms. The third-order valence-corrected chi connectivity index (χ3v) is 6.98. The summed E-state index contributed by atoms with van der Waals surface area (Å²) in [5, 5.41) is 22.6. The van der Waals surface area contributed by atoms with Crippen molar-refractivity contribution in [3.8, 4) is 0 Å². The maximum Gasteiger partial charge on any atom is 0.348 e. The monoisotopic (exact) mass is 478 g/mol. The Kier molecular flexibility index (Phi) is 3.77. The Bertz CT molecular complexity index is 1780. The molecule has 0 fully saturated rings. The molecule has 0 saturated carbocycles. The van der Waals surface area contributed by atoms with Crippen molar-refractivity contribution in [2.45, 2.75) is 0 Å². The summed E-state index contributed by atoms with van der Waals surface area (Å²) in [7, 11) is 0. The molecule has 5 aromatic rings. The summed E-state index contributed by atoms with van der Waals surface area (Å²) >= 11 is 13.1. The number of carboxylic acids is 2. The Labute approximate surface area is 193 Å². The van der Waals surface area contributed by atoms with E-state index in [9.17, 15) is 29.4 Å². The molecule has 0 unspecified atom stereocenters. The maximum atomic E-state index is 12.5. The predicted molar refractivity (Wildman–Crippen MR) is 121 cm³/mol. The van der Waals surface area contributed by atoms with E-state index in [1.165, 1.54) is 24.3 Å². The zero-order valence-corrected chi connectivity index (χ0v) is 17.7. The van der Waals surface area contributed by atoms with Gasteiger partial charge in [-0.3, -0.25) is 0 Å². The summed E-state index contributed by atoms with van der Waals surface area (Å²) in [6.07, 6.45) is 0. The summed E-state index contributed by atoms with van der Waals surface area (Å²) in [4.78, 5) is 48.9. The van der Waals surface area contributed by atoms with Crippen molar-refractivity contribution in [2.24, 2.45) is 0 Å². The van der Waals surface area contributed by atoms with Crippen molar-refractivity contribution in [1.29, 1.82) is 0 Å². The van der Waals surface area contributed by atoms with Gasteiger partial charge in [-0.15, -0.1) is 0 Å². The van der Waals surface area contributed by atoms with E-state index in [1.54, 1.807) is 12.1 Å². The molecular weight excluding hydrogens is 471 g/mol. The molecule has 0 atom stereocenters. The molecule has 33 heavy (non-hydrogen) atoms. The highest BCUT2D eigenvalue weighted by Gasteiger charge is 2.34. The van der Waals surface area contributed by atoms with Crippen molar-refractivity contribution in [2.75, 3.05) is 0 Å². The lowest BCUT2D eigenvalue weighted by Gasteiger charge is -2.23. The number of halogens is 2. The van der Waals surface area contributed by atoms with E-state index in [2.05, 4.69) is 0 Å². The van der Waals surface area contributed by atoms with Crippen LogP contribution in [-0.2, 0) is 4.74 Å². The van der Waals surface area contributed by atoms with Gasteiger partial charge in [0.05, 0.1) is 32.3 Å². The van der Waals surface area contributed by atoms with Gasteiger partial charge in [0.1, 0.15) is 0 Å². The number of aromatic carboxylic acids is 2. The van der Waals surface area contributed by atoms with E-state index in [0.717, 1.165) is 0 Å². The van der Waals surface area contributed by atoms with Crippen molar-refractivity contribution in [1.82, 2.24) is 0 Å². The van der Waals surface area contributed by atoms with Crippen molar-refractivity contribution >= 4 is 90.2 Å². The molecule has 1 aliphatic heterocycles. The number of hydrogen-bond acceptors (Lipinski definition) is 5. The molecule has 5 aromatic carbocycles. The first-order valence-electron chi connectivity index (χ1n) is 9.53. The Balaban J connectivity index is 2.02. The SMILES string of the molecule is O=C(O)c1ccc2c3ccc4c5c(c(Cl)c(Cl)c(c6ccc(C(=O)O)c1c26)c53)C(=O)OC4=O. The third-order valence-electron chi connectivity index (χ3n) is 6.13. The molecule has 0 aromatic heterocycles. The van der Waals surface area contributed by atoms with Crippen LogP contribution in [0.25, 0.3) is 43.1 Å². The number of hydrogen-bond donors (Lipinski definition) is 2. The van der Waals surface area contributed by atoms with Crippen molar-refractivity contribution in [3.63, 3.8) is 0 Å². The Morgan fingerprint density at radius 2 is 1.21 bits per heavy atom. The molecule has 6 rings (SSSR count). The van der Waals surface area contributed by atoms with Gasteiger partial charge < -0.3 is 14.9 Å². The lowest BCUT2D eigenvalue weighted by atomic mass is 9.84. The highest BCUT2D eigenvalue weighted by Crippen LogP contribution is 2.50. The molecule has 0 bridgehead atoms. The molecule has 0 aliphatic carbocycles. The van der Waals surface area contributed by atoms with Gasteiger partial charge in [0.2, 0.25) is 0 Å². The number of ether oxygens (including phenoxy) is 1. The number of rotatable bonds is 2. The van der Waals surface area contributed by atoms with Crippen molar-refractivity contribution in [3.05, 3.63) is 68.7 Å². The van der Waals surface area contributed by atoms with Crippen LogP contribution in [0.4, 0.5) is 0 Å². The number of benzene rings is 5. The molecular formula is C24H8Cl2O7. The van der Waals surface area contributed by atoms with Gasteiger partial charge in [-0.25, -0.2) is 19.2 Å². The minimum atomic E-state index is -1.28. The van der Waals surface area contributed by atoms with E-state index in [0.29, 0.717) is 37.7 Å². The molecule has 9 heteroatoms. The average Bonchev–Trinajstić information content (AvgIpc) is 2.77. The zero-order valence-electron chi connectivity index (χ0n) is 16.2. The smallest absolute Gasteiger partial charge is 0.348 e. The first-order chi connectivity index (χ1) is 15.7. The van der Waals surface area contributed by atoms with Crippen LogP contribution < -0.4 is 0 Å². The second-order valence-electron chi connectivity index (χ2n) is 7.65. The van der Waals surface area contributed by atoms with Gasteiger partial charge >= 0.3 is 23.9 Å². The van der Waals surface area contributed by atoms with Gasteiger partial charge in [-0.05, 0) is 39.7 Å². The fourth-order valence-corrected chi connectivity index (χ4v) is 5.43. The topological polar surface area (TPSA) is 118 Å². The fraction of sp³-hybridized carbons (Fsp3) is 0. The van der Waals surface area contributed by atoms with E-state index >= 15 is 0 Å². The fourth-order valence-electron chi connectivity index (χ4n) is 4.88. The first kappa shape index (κ1) is 19.7. The van der Waals surface area contributed by atoms with Crippen LogP contribution in [0.15, 0.2) is 36.4 Å². The quantitative estimate of drug-likeness (QED) is 0.143. The Hall–Kier alpha value is -3.94. The van der Waals surface area contributed by atoms with Gasteiger partial charge in [-0.2, -0.15) is 0 Å². The van der Waals surface area contributed by atoms with Crippen LogP contribution >= 0.6 is 23.2 Å². The van der Waals surface area contributed by atoms with Crippen LogP contribution in [0.2, 0.25) is 10.0 Å². The summed E-state index contributed by atoms with van der Waals surface area (Å²) in [6, 6.07) is 8.88. The van der Waals surface area contributed by atoms with Crippen LogP contribution in [0.1, 0.15) is 41.4 Å². The standard InChI is InChI=1S/C24H8Cl2O7/c25-19-17-9-3-5-11(22(29)30)14-10(21(27)28)4-1-7(13(9)14)8-2-6-12-16(15(8)17)18(20(19)26)24(32)33-23(12)31/h1-6H,(H,27,28)(H,29,30). The number of fused-ring (bicyclic) bond motifs is 2. The Morgan fingerprint density at radius 1 is 0.636 bits per heavy atom. The Morgan fingerprint density at radius 3 is 1.85 bits per heavy atom. The first-order valence-corrected chi connectivity index (χ1v) is 10.3. The molecule has 2 N–H and O–H groups in total. The minimum absolute atomic E-state index is 0.0135. The number of carbonyl (C=O) groups excluding carboxylic acids is 2. The third kappa shape index (κ3) is 2.30. The summed E-state index contributed by atoms with van der Waals surface area (Å²) in [6.45, 7) is 0. The number of cyclic esters (lactones) is 2. The predicted octanol–water partition coefficient (Wildman–Crippen LogP) is 5.75. The van der Waals surface area contributed by atoms with Crippen LogP contribution in [0.5, 0.6) is 0 Å². The minimum Gasteiger partial charge on any atom is -0.478 e. The summed E-state index contributed by atoms with van der Waals surface area (Å²) < 4.78 is 4.83. The lowest BCUT2D eigenvalue weighted by molar-refractivity contribution is 0.0390. The molecule has 160 valence electrons. The molecule has 1 aliphatic rings. The average molecular weight is 479 g/mol. The maximum absolute atomic E-state index is 12.5. The molecule has 0 radical (unpaired) electrons. The van der Waals surface area contributed by atoms with Crippen molar-refractivity contribution < 1.29 is 34.1 Å². The van der Waals surface area contributed by atoms with Gasteiger partial charge in [0.15, 0.2) is 0 Å². The lowest BCUT2D eigenvalue weighted by Crippen LogP contribution is -2.20. The van der Waals surface area contributed by atoms with Crippen LogP contribution in [-0.4, -0.2) is 34.1 Å². The molecule has 7 nitrogen and oxygen atoms in total. The second-order valence-corrected chi connectivity index (χ2v) is 8.40. The van der Waals surface area contributed by atoms with E-state index in [4.69, 9.17) is 27.9 Å². The van der Waals surface area contributed by atoms with Crippen LogP contribution in [0, 0.1) is 0 Å². The largest absolute Gasteiger partial charge is 0.478 e.